The number of carbonyl (C=O) groups excluding carboxylic acids is 1. The predicted molar refractivity (Wildman–Crippen MR) is 116 cm³/mol. The molecule has 1 aromatic heterocycles. The maximum absolute atomic E-state index is 13.0. The predicted octanol–water partition coefficient (Wildman–Crippen LogP) is 3.48. The minimum absolute atomic E-state index is 0.00724. The molecule has 0 aliphatic carbocycles. The molecule has 152 valence electrons. The number of pyridine rings is 1. The van der Waals surface area contributed by atoms with Crippen molar-refractivity contribution in [2.75, 3.05) is 26.4 Å². The van der Waals surface area contributed by atoms with Crippen LogP contribution in [0.2, 0.25) is 0 Å². The first-order valence-electron chi connectivity index (χ1n) is 10.1. The van der Waals surface area contributed by atoms with Gasteiger partial charge in [0.1, 0.15) is 12.4 Å². The Morgan fingerprint density at radius 1 is 1.07 bits per heavy atom. The lowest BCUT2D eigenvalue weighted by atomic mass is 9.73. The van der Waals surface area contributed by atoms with E-state index in [9.17, 15) is 4.79 Å². The van der Waals surface area contributed by atoms with E-state index in [4.69, 9.17) is 9.47 Å². The van der Waals surface area contributed by atoms with Crippen LogP contribution in [-0.2, 0) is 14.9 Å². The maximum Gasteiger partial charge on any atom is 0.231 e. The van der Waals surface area contributed by atoms with Gasteiger partial charge in [0.2, 0.25) is 5.91 Å². The van der Waals surface area contributed by atoms with Crippen LogP contribution in [0.4, 0.5) is 0 Å². The van der Waals surface area contributed by atoms with Gasteiger partial charge in [0.05, 0.1) is 17.5 Å². The van der Waals surface area contributed by atoms with Crippen molar-refractivity contribution in [3.05, 3.63) is 72.4 Å². The fraction of sp³-hybridized carbons (Fsp3) is 0.280. The van der Waals surface area contributed by atoms with Crippen LogP contribution >= 0.6 is 0 Å². The maximum atomic E-state index is 13.0. The highest BCUT2D eigenvalue weighted by Crippen LogP contribution is 2.35. The lowest BCUT2D eigenvalue weighted by Gasteiger charge is -2.36. The number of aromatic nitrogens is 1. The molecule has 5 nitrogen and oxygen atoms in total. The molecule has 0 unspecified atom stereocenters. The Balaban J connectivity index is 1.32. The second-order valence-electron chi connectivity index (χ2n) is 7.24. The number of amides is 1. The quantitative estimate of drug-likeness (QED) is 0.666. The Kier molecular flexibility index (Phi) is 6.26. The number of hydrogen-bond donors (Lipinski definition) is 1. The summed E-state index contributed by atoms with van der Waals surface area (Å²) in [7, 11) is 0. The van der Waals surface area contributed by atoms with Crippen molar-refractivity contribution in [2.45, 2.75) is 18.3 Å². The average molecular weight is 400 g/mol. The summed E-state index contributed by atoms with van der Waals surface area (Å²) < 4.78 is 11.2. The number of fused-ring (bicyclic) bond motifs is 1. The highest BCUT2D eigenvalue weighted by Gasteiger charge is 2.41. The van der Waals surface area contributed by atoms with Gasteiger partial charge in [-0.3, -0.25) is 9.78 Å². The molecule has 1 saturated heterocycles. The number of carbonyl (C=O) groups is 1. The van der Waals surface area contributed by atoms with Crippen molar-refractivity contribution < 1.29 is 14.3 Å². The van der Waals surface area contributed by atoms with Crippen LogP contribution < -0.4 is 10.1 Å². The van der Waals surface area contributed by atoms with Crippen LogP contribution in [0.15, 0.2) is 66.9 Å². The molecule has 0 saturated carbocycles. The van der Waals surface area contributed by atoms with Gasteiger partial charge in [-0.25, -0.2) is 0 Å². The molecule has 30 heavy (non-hydrogen) atoms. The number of nitrogens with zero attached hydrogens (tertiary/aromatic N) is 1. The van der Waals surface area contributed by atoms with E-state index in [1.54, 1.807) is 6.20 Å². The summed E-state index contributed by atoms with van der Waals surface area (Å²) in [6.07, 6.45) is 3.11. The molecular formula is C25H24N2O3. The number of hydrogen-bond acceptors (Lipinski definition) is 4. The molecule has 5 heteroatoms. The molecule has 1 fully saturated rings. The van der Waals surface area contributed by atoms with Crippen molar-refractivity contribution in [3.8, 4) is 17.6 Å². The summed E-state index contributed by atoms with van der Waals surface area (Å²) in [5.74, 6) is 6.67. The summed E-state index contributed by atoms with van der Waals surface area (Å²) in [6.45, 7) is 1.72. The SMILES string of the molecule is O=C(NCC#CCOc1ccc2cccnc2c1)C1(c2ccccc2)CCOCC1. The van der Waals surface area contributed by atoms with Crippen LogP contribution in [0.1, 0.15) is 18.4 Å². The highest BCUT2D eigenvalue weighted by molar-refractivity contribution is 5.88. The summed E-state index contributed by atoms with van der Waals surface area (Å²) in [5, 5.41) is 4.05. The van der Waals surface area contributed by atoms with E-state index in [2.05, 4.69) is 22.1 Å². The molecule has 4 rings (SSSR count). The number of rotatable bonds is 5. The summed E-state index contributed by atoms with van der Waals surface area (Å²) in [6, 6.07) is 19.6. The van der Waals surface area contributed by atoms with Crippen LogP contribution in [0.3, 0.4) is 0 Å². The van der Waals surface area contributed by atoms with Gasteiger partial charge in [0.25, 0.3) is 0 Å². The van der Waals surface area contributed by atoms with Gasteiger partial charge in [-0.05, 0) is 36.6 Å². The standard InChI is InChI=1S/C25H24N2O3/c28-24(25(12-17-29-18-13-25)21-8-2-1-3-9-21)27-14-4-5-16-30-22-11-10-20-7-6-15-26-23(20)19-22/h1-3,6-11,15,19H,12-14,16-18H2,(H,27,28). The molecule has 1 N–H and O–H groups in total. The highest BCUT2D eigenvalue weighted by atomic mass is 16.5. The van der Waals surface area contributed by atoms with Gasteiger partial charge in [-0.1, -0.05) is 48.2 Å². The fourth-order valence-corrected chi connectivity index (χ4v) is 3.79. The average Bonchev–Trinajstić information content (AvgIpc) is 2.82. The molecule has 2 aromatic carbocycles. The third-order valence-corrected chi connectivity index (χ3v) is 5.46. The van der Waals surface area contributed by atoms with Crippen LogP contribution in [-0.4, -0.2) is 37.3 Å². The Morgan fingerprint density at radius 2 is 1.90 bits per heavy atom. The van der Waals surface area contributed by atoms with Crippen molar-refractivity contribution in [3.63, 3.8) is 0 Å². The molecule has 2 heterocycles. The molecule has 1 aliphatic heterocycles. The third-order valence-electron chi connectivity index (χ3n) is 5.46. The zero-order valence-electron chi connectivity index (χ0n) is 16.8. The van der Waals surface area contributed by atoms with E-state index in [-0.39, 0.29) is 19.1 Å². The van der Waals surface area contributed by atoms with Gasteiger partial charge < -0.3 is 14.8 Å². The van der Waals surface area contributed by atoms with E-state index in [0.29, 0.717) is 26.1 Å². The zero-order valence-corrected chi connectivity index (χ0v) is 16.8. The second kappa shape index (κ2) is 9.43. The fourth-order valence-electron chi connectivity index (χ4n) is 3.79. The molecule has 0 atom stereocenters. The number of ether oxygens (including phenoxy) is 2. The van der Waals surface area contributed by atoms with Crippen molar-refractivity contribution in [2.24, 2.45) is 0 Å². The van der Waals surface area contributed by atoms with Crippen LogP contribution in [0.5, 0.6) is 5.75 Å². The Morgan fingerprint density at radius 3 is 2.73 bits per heavy atom. The second-order valence-corrected chi connectivity index (χ2v) is 7.24. The van der Waals surface area contributed by atoms with E-state index >= 15 is 0 Å². The largest absolute Gasteiger partial charge is 0.481 e. The van der Waals surface area contributed by atoms with Gasteiger partial charge in [-0.2, -0.15) is 0 Å². The molecule has 0 bridgehead atoms. The number of nitrogens with one attached hydrogen (secondary N) is 1. The monoisotopic (exact) mass is 400 g/mol. The minimum atomic E-state index is -0.546. The first kappa shape index (κ1) is 19.9. The molecular weight excluding hydrogens is 376 g/mol. The van der Waals surface area contributed by atoms with Crippen LogP contribution in [0.25, 0.3) is 10.9 Å². The van der Waals surface area contributed by atoms with Gasteiger partial charge >= 0.3 is 0 Å². The summed E-state index contributed by atoms with van der Waals surface area (Å²) in [4.78, 5) is 17.3. The van der Waals surface area contributed by atoms with E-state index in [1.807, 2.05) is 60.7 Å². The molecule has 1 aliphatic rings. The van der Waals surface area contributed by atoms with E-state index in [1.165, 1.54) is 0 Å². The van der Waals surface area contributed by atoms with E-state index < -0.39 is 5.41 Å². The lowest BCUT2D eigenvalue weighted by Crippen LogP contribution is -2.48. The summed E-state index contributed by atoms with van der Waals surface area (Å²) >= 11 is 0. The first-order chi connectivity index (χ1) is 14.8. The molecule has 1 amide bonds. The smallest absolute Gasteiger partial charge is 0.231 e. The van der Waals surface area contributed by atoms with Gasteiger partial charge in [0.15, 0.2) is 0 Å². The van der Waals surface area contributed by atoms with Crippen LogP contribution in [0, 0.1) is 11.8 Å². The van der Waals surface area contributed by atoms with Crippen molar-refractivity contribution in [1.29, 1.82) is 0 Å². The molecule has 0 spiro atoms. The first-order valence-corrected chi connectivity index (χ1v) is 10.1. The van der Waals surface area contributed by atoms with Gasteiger partial charge in [0, 0.05) is 30.9 Å². The third kappa shape index (κ3) is 4.45. The van der Waals surface area contributed by atoms with E-state index in [0.717, 1.165) is 22.2 Å². The zero-order chi connectivity index (χ0) is 20.7. The lowest BCUT2D eigenvalue weighted by molar-refractivity contribution is -0.130. The normalized spacial score (nSPS) is 15.1. The minimum Gasteiger partial charge on any atom is -0.481 e. The van der Waals surface area contributed by atoms with Crippen molar-refractivity contribution in [1.82, 2.24) is 10.3 Å². The van der Waals surface area contributed by atoms with Gasteiger partial charge in [-0.15, -0.1) is 0 Å². The Labute approximate surface area is 176 Å². The Bertz CT molecular complexity index is 1060. The molecule has 3 aromatic rings. The summed E-state index contributed by atoms with van der Waals surface area (Å²) in [5.41, 5.74) is 1.38. The molecule has 0 radical (unpaired) electrons. The topological polar surface area (TPSA) is 60.5 Å². The Hall–Kier alpha value is -3.36. The number of benzene rings is 2. The van der Waals surface area contributed by atoms with Crippen molar-refractivity contribution >= 4 is 16.8 Å².